The van der Waals surface area contributed by atoms with Gasteiger partial charge in [0, 0.05) is 18.2 Å². The van der Waals surface area contributed by atoms with Crippen molar-refractivity contribution in [2.24, 2.45) is 0 Å². The summed E-state index contributed by atoms with van der Waals surface area (Å²) in [6, 6.07) is 7.53. The van der Waals surface area contributed by atoms with E-state index in [1.165, 1.54) is 0 Å². The van der Waals surface area contributed by atoms with Gasteiger partial charge in [-0.15, -0.1) is 0 Å². The molecule has 0 spiro atoms. The third-order valence-corrected chi connectivity index (χ3v) is 4.75. The van der Waals surface area contributed by atoms with Gasteiger partial charge in [0.15, 0.2) is 0 Å². The van der Waals surface area contributed by atoms with Crippen LogP contribution in [0, 0.1) is 0 Å². The molecule has 2 heterocycles. The zero-order valence-corrected chi connectivity index (χ0v) is 15.5. The number of carbonyl (C=O) groups excluding carboxylic acids is 1. The molecule has 1 saturated heterocycles. The van der Waals surface area contributed by atoms with Crippen LogP contribution < -0.4 is 5.32 Å². The summed E-state index contributed by atoms with van der Waals surface area (Å²) in [5.41, 5.74) is 3.27. The van der Waals surface area contributed by atoms with E-state index in [0.29, 0.717) is 30.0 Å². The second kappa shape index (κ2) is 8.02. The second-order valence-electron chi connectivity index (χ2n) is 6.21. The predicted molar refractivity (Wildman–Crippen MR) is 98.6 cm³/mol. The number of nitrogens with zero attached hydrogens (tertiary/aromatic N) is 2. The molecule has 6 heteroatoms. The van der Waals surface area contributed by atoms with E-state index >= 15 is 0 Å². The number of hydrogen-bond donors (Lipinski definition) is 1. The first kappa shape index (κ1) is 18.0. The Kier molecular flexibility index (Phi) is 5.76. The number of benzene rings is 1. The van der Waals surface area contributed by atoms with E-state index in [-0.39, 0.29) is 12.0 Å². The lowest BCUT2D eigenvalue weighted by atomic mass is 10.1. The molecule has 1 aromatic heterocycles. The Bertz CT molecular complexity index is 751. The number of carbonyl (C=O) groups is 1. The van der Waals surface area contributed by atoms with E-state index < -0.39 is 0 Å². The fraction of sp³-hybridized carbons (Fsp3) is 0.474. The quantitative estimate of drug-likeness (QED) is 0.855. The molecule has 3 rings (SSSR count). The van der Waals surface area contributed by atoms with Gasteiger partial charge >= 0.3 is 0 Å². The van der Waals surface area contributed by atoms with Crippen LogP contribution in [0.5, 0.6) is 0 Å². The molecule has 0 bridgehead atoms. The van der Waals surface area contributed by atoms with E-state index in [1.807, 2.05) is 42.8 Å². The summed E-state index contributed by atoms with van der Waals surface area (Å²) < 4.78 is 7.43. The lowest BCUT2D eigenvalue weighted by Gasteiger charge is -2.12. The predicted octanol–water partition coefficient (Wildman–Crippen LogP) is 3.56. The van der Waals surface area contributed by atoms with Gasteiger partial charge in [0.2, 0.25) is 0 Å². The first-order valence-electron chi connectivity index (χ1n) is 8.90. The maximum atomic E-state index is 12.8. The maximum absolute atomic E-state index is 12.8. The maximum Gasteiger partial charge on any atom is 0.255 e. The molecule has 1 aromatic carbocycles. The Morgan fingerprint density at radius 1 is 1.40 bits per heavy atom. The molecule has 0 radical (unpaired) electrons. The number of aryl methyl sites for hydroxylation is 1. The SMILES string of the molecule is CCc1nn(-c2cccc(Cl)c2)c(CC)c1C(=O)NC[C@H]1CCCO1. The lowest BCUT2D eigenvalue weighted by Crippen LogP contribution is -2.32. The van der Waals surface area contributed by atoms with Crippen LogP contribution in [0.3, 0.4) is 0 Å². The van der Waals surface area contributed by atoms with E-state index in [1.54, 1.807) is 0 Å². The van der Waals surface area contributed by atoms with Crippen LogP contribution in [0.1, 0.15) is 48.4 Å². The van der Waals surface area contributed by atoms with E-state index in [0.717, 1.165) is 36.5 Å². The Balaban J connectivity index is 1.90. The number of rotatable bonds is 6. The third kappa shape index (κ3) is 3.88. The van der Waals surface area contributed by atoms with E-state index in [9.17, 15) is 4.79 Å². The van der Waals surface area contributed by atoms with Gasteiger partial charge < -0.3 is 10.1 Å². The number of ether oxygens (including phenoxy) is 1. The zero-order chi connectivity index (χ0) is 17.8. The van der Waals surface area contributed by atoms with Crippen LogP contribution in [-0.4, -0.2) is 34.9 Å². The van der Waals surface area contributed by atoms with Crippen molar-refractivity contribution in [3.05, 3.63) is 46.2 Å². The first-order chi connectivity index (χ1) is 12.1. The summed E-state index contributed by atoms with van der Waals surface area (Å²) in [6.07, 6.45) is 3.60. The molecule has 5 nitrogen and oxygen atoms in total. The summed E-state index contributed by atoms with van der Waals surface area (Å²) in [5, 5.41) is 8.35. The van der Waals surface area contributed by atoms with Gasteiger partial charge in [0.25, 0.3) is 5.91 Å². The van der Waals surface area contributed by atoms with Crippen LogP contribution in [0.2, 0.25) is 5.02 Å². The minimum Gasteiger partial charge on any atom is -0.376 e. The van der Waals surface area contributed by atoms with Gasteiger partial charge in [0.1, 0.15) is 0 Å². The van der Waals surface area contributed by atoms with Crippen molar-refractivity contribution in [2.45, 2.75) is 45.6 Å². The number of hydrogen-bond acceptors (Lipinski definition) is 3. The monoisotopic (exact) mass is 361 g/mol. The summed E-state index contributed by atoms with van der Waals surface area (Å²) in [6.45, 7) is 5.39. The third-order valence-electron chi connectivity index (χ3n) is 4.52. The van der Waals surface area contributed by atoms with Gasteiger partial charge in [-0.1, -0.05) is 31.5 Å². The second-order valence-corrected chi connectivity index (χ2v) is 6.65. The molecule has 0 unspecified atom stereocenters. The van der Waals surface area contributed by atoms with Gasteiger partial charge in [-0.3, -0.25) is 4.79 Å². The van der Waals surface area contributed by atoms with Gasteiger partial charge in [-0.25, -0.2) is 4.68 Å². The Morgan fingerprint density at radius 2 is 2.24 bits per heavy atom. The Hall–Kier alpha value is -1.85. The average molecular weight is 362 g/mol. The summed E-state index contributed by atoms with van der Waals surface area (Å²) >= 11 is 6.12. The van der Waals surface area contributed by atoms with Crippen molar-refractivity contribution in [2.75, 3.05) is 13.2 Å². The van der Waals surface area contributed by atoms with Crippen LogP contribution in [-0.2, 0) is 17.6 Å². The highest BCUT2D eigenvalue weighted by Crippen LogP contribution is 2.22. The summed E-state index contributed by atoms with van der Waals surface area (Å²) in [5.74, 6) is -0.0718. The van der Waals surface area contributed by atoms with Gasteiger partial charge in [0.05, 0.1) is 28.7 Å². The van der Waals surface area contributed by atoms with Crippen LogP contribution in [0.4, 0.5) is 0 Å². The minimum atomic E-state index is -0.0718. The van der Waals surface area contributed by atoms with Crippen LogP contribution >= 0.6 is 11.6 Å². The molecular formula is C19H24ClN3O2. The van der Waals surface area contributed by atoms with Crippen molar-refractivity contribution < 1.29 is 9.53 Å². The van der Waals surface area contributed by atoms with Crippen LogP contribution in [0.25, 0.3) is 5.69 Å². The largest absolute Gasteiger partial charge is 0.376 e. The number of aromatic nitrogens is 2. The molecule has 0 saturated carbocycles. The lowest BCUT2D eigenvalue weighted by molar-refractivity contribution is 0.0856. The molecule has 1 amide bonds. The van der Waals surface area contributed by atoms with Crippen molar-refractivity contribution >= 4 is 17.5 Å². The summed E-state index contributed by atoms with van der Waals surface area (Å²) in [7, 11) is 0. The van der Waals surface area contributed by atoms with Gasteiger partial charge in [-0.2, -0.15) is 5.10 Å². The summed E-state index contributed by atoms with van der Waals surface area (Å²) in [4.78, 5) is 12.8. The molecule has 1 N–H and O–H groups in total. The highest BCUT2D eigenvalue weighted by Gasteiger charge is 2.24. The number of halogens is 1. The molecule has 1 fully saturated rings. The Labute approximate surface area is 153 Å². The average Bonchev–Trinajstić information content (AvgIpc) is 3.26. The highest BCUT2D eigenvalue weighted by molar-refractivity contribution is 6.30. The molecule has 1 aliphatic rings. The molecular weight excluding hydrogens is 338 g/mol. The van der Waals surface area contributed by atoms with Gasteiger partial charge in [-0.05, 0) is 43.9 Å². The molecule has 2 aromatic rings. The fourth-order valence-corrected chi connectivity index (χ4v) is 3.45. The fourth-order valence-electron chi connectivity index (χ4n) is 3.26. The van der Waals surface area contributed by atoms with Crippen LogP contribution in [0.15, 0.2) is 24.3 Å². The molecule has 1 atom stereocenters. The molecule has 25 heavy (non-hydrogen) atoms. The molecule has 0 aliphatic carbocycles. The smallest absolute Gasteiger partial charge is 0.255 e. The van der Waals surface area contributed by atoms with Crippen molar-refractivity contribution in [1.82, 2.24) is 15.1 Å². The van der Waals surface area contributed by atoms with E-state index in [4.69, 9.17) is 16.3 Å². The van der Waals surface area contributed by atoms with E-state index in [2.05, 4.69) is 10.4 Å². The minimum absolute atomic E-state index is 0.0718. The standard InChI is InChI=1S/C19H24ClN3O2/c1-3-16-18(19(24)21-12-15-9-6-10-25-15)17(4-2)23(22-16)14-8-5-7-13(20)11-14/h5,7-8,11,15H,3-4,6,9-10,12H2,1-2H3,(H,21,24)/t15-/m1/s1. The normalized spacial score (nSPS) is 17.0. The van der Waals surface area contributed by atoms with Crippen molar-refractivity contribution in [3.63, 3.8) is 0 Å². The van der Waals surface area contributed by atoms with Crippen molar-refractivity contribution in [3.8, 4) is 5.69 Å². The molecule has 134 valence electrons. The highest BCUT2D eigenvalue weighted by atomic mass is 35.5. The Morgan fingerprint density at radius 3 is 2.88 bits per heavy atom. The number of nitrogens with one attached hydrogen (secondary N) is 1. The first-order valence-corrected chi connectivity index (χ1v) is 9.28. The molecule has 1 aliphatic heterocycles. The zero-order valence-electron chi connectivity index (χ0n) is 14.7. The van der Waals surface area contributed by atoms with Crippen molar-refractivity contribution in [1.29, 1.82) is 0 Å². The topological polar surface area (TPSA) is 56.2 Å². The number of amides is 1.